The summed E-state index contributed by atoms with van der Waals surface area (Å²) in [5, 5.41) is 4.37. The maximum atomic E-state index is 12.6. The maximum absolute atomic E-state index is 12.6. The van der Waals surface area contributed by atoms with E-state index in [1.807, 2.05) is 10.7 Å². The average Bonchev–Trinajstić information content (AvgIpc) is 3.18. The van der Waals surface area contributed by atoms with Crippen LogP contribution in [0.3, 0.4) is 0 Å². The second-order valence-corrected chi connectivity index (χ2v) is 6.76. The van der Waals surface area contributed by atoms with E-state index in [0.717, 1.165) is 43.8 Å². The quantitative estimate of drug-likeness (QED) is 0.588. The average molecular weight is 458 g/mol. The molecule has 32 heavy (non-hydrogen) atoms. The summed E-state index contributed by atoms with van der Waals surface area (Å²) in [6.45, 7) is 0.840. The fraction of sp³-hybridized carbons (Fsp3) is 0.316. The minimum atomic E-state index is -4.59. The molecule has 0 saturated carbocycles. The van der Waals surface area contributed by atoms with Gasteiger partial charge in [0.05, 0.1) is 5.69 Å². The van der Waals surface area contributed by atoms with Gasteiger partial charge in [0.25, 0.3) is 5.91 Å². The van der Waals surface area contributed by atoms with Crippen LogP contribution in [0, 0.1) is 0 Å². The molecule has 0 saturated heterocycles. The van der Waals surface area contributed by atoms with Gasteiger partial charge in [-0.15, -0.1) is 0 Å². The molecule has 2 N–H and O–H groups in total. The van der Waals surface area contributed by atoms with E-state index in [2.05, 4.69) is 20.1 Å². The van der Waals surface area contributed by atoms with E-state index in [0.29, 0.717) is 17.3 Å². The molecule has 0 aromatic carbocycles. The van der Waals surface area contributed by atoms with Crippen molar-refractivity contribution in [1.82, 2.24) is 24.7 Å². The van der Waals surface area contributed by atoms with Crippen molar-refractivity contribution in [2.75, 3.05) is 0 Å². The maximum Gasteiger partial charge on any atom is 0.433 e. The minimum absolute atomic E-state index is 0.462. The molecule has 0 bridgehead atoms. The summed E-state index contributed by atoms with van der Waals surface area (Å²) in [6, 6.07) is 5.14. The predicted octanol–water partition coefficient (Wildman–Crippen LogP) is 3.89. The molecule has 1 aliphatic rings. The molecule has 7 nitrogen and oxygen atoms in total. The highest BCUT2D eigenvalue weighted by Gasteiger charge is 2.33. The lowest BCUT2D eigenvalue weighted by Gasteiger charge is -2.11. The van der Waals surface area contributed by atoms with Gasteiger partial charge in [0, 0.05) is 30.2 Å². The van der Waals surface area contributed by atoms with Crippen LogP contribution in [0.15, 0.2) is 36.7 Å². The second kappa shape index (κ2) is 8.93. The van der Waals surface area contributed by atoms with Crippen LogP contribution in [-0.4, -0.2) is 30.6 Å². The first kappa shape index (κ1) is 23.2. The number of fused-ring (bicyclic) bond motifs is 1. The van der Waals surface area contributed by atoms with Gasteiger partial charge in [0.1, 0.15) is 11.4 Å². The molecule has 1 amide bonds. The van der Waals surface area contributed by atoms with E-state index in [1.54, 1.807) is 6.07 Å². The molecule has 1 aliphatic heterocycles. The first-order chi connectivity index (χ1) is 14.9. The number of rotatable bonds is 2. The lowest BCUT2D eigenvalue weighted by molar-refractivity contribution is -0.142. The highest BCUT2D eigenvalue weighted by Crippen LogP contribution is 2.31. The standard InChI is InChI=1S/C13H12F3N3.C6H4F3N3O/c14-13(15,16)12-7-9(4-5-17-12)11-8-10-3-1-2-6-19(10)18-11;7-6(8,9)3-1-2-11-5(12-3)4(10)13/h4-5,7-8H,1-3,6H2;1-2H,(H2,10,13). The van der Waals surface area contributed by atoms with Gasteiger partial charge in [0.2, 0.25) is 5.82 Å². The number of hydrogen-bond donors (Lipinski definition) is 1. The third-order valence-corrected chi connectivity index (χ3v) is 4.43. The van der Waals surface area contributed by atoms with E-state index in [9.17, 15) is 31.1 Å². The third-order valence-electron chi connectivity index (χ3n) is 4.43. The fourth-order valence-corrected chi connectivity index (χ4v) is 2.94. The summed E-state index contributed by atoms with van der Waals surface area (Å²) in [5.41, 5.74) is 4.77. The summed E-state index contributed by atoms with van der Waals surface area (Å²) in [5.74, 6) is -1.74. The molecule has 3 aromatic heterocycles. The highest BCUT2D eigenvalue weighted by atomic mass is 19.4. The fourth-order valence-electron chi connectivity index (χ4n) is 2.94. The topological polar surface area (TPSA) is 99.6 Å². The zero-order valence-corrected chi connectivity index (χ0v) is 16.3. The Labute approximate surface area is 177 Å². The summed E-state index contributed by atoms with van der Waals surface area (Å²) in [6.07, 6.45) is -3.90. The SMILES string of the molecule is FC(F)(F)c1cc(-c2cc3n(n2)CCCC3)ccn1.NC(=O)c1nccc(C(F)(F)F)n1. The van der Waals surface area contributed by atoms with Gasteiger partial charge in [-0.3, -0.25) is 14.5 Å². The number of aryl methyl sites for hydroxylation is 2. The van der Waals surface area contributed by atoms with Crippen molar-refractivity contribution in [2.24, 2.45) is 5.73 Å². The van der Waals surface area contributed by atoms with Crippen molar-refractivity contribution >= 4 is 5.91 Å². The number of aromatic nitrogens is 5. The molecular formula is C19H16F6N6O. The Morgan fingerprint density at radius 2 is 1.62 bits per heavy atom. The van der Waals surface area contributed by atoms with E-state index in [-0.39, 0.29) is 0 Å². The lowest BCUT2D eigenvalue weighted by Crippen LogP contribution is -2.18. The van der Waals surface area contributed by atoms with Crippen molar-refractivity contribution in [3.63, 3.8) is 0 Å². The lowest BCUT2D eigenvalue weighted by atomic mass is 10.1. The number of carbonyl (C=O) groups is 1. The Morgan fingerprint density at radius 3 is 2.25 bits per heavy atom. The van der Waals surface area contributed by atoms with Crippen molar-refractivity contribution in [1.29, 1.82) is 0 Å². The molecule has 0 atom stereocenters. The molecule has 0 unspecified atom stereocenters. The molecule has 0 aliphatic carbocycles. The molecule has 3 aromatic rings. The summed E-state index contributed by atoms with van der Waals surface area (Å²) in [4.78, 5) is 20.0. The Kier molecular flexibility index (Phi) is 6.46. The molecule has 4 heterocycles. The summed E-state index contributed by atoms with van der Waals surface area (Å²) >= 11 is 0. The van der Waals surface area contributed by atoms with Crippen LogP contribution >= 0.6 is 0 Å². The molecule has 170 valence electrons. The van der Waals surface area contributed by atoms with Crippen LogP contribution in [0.1, 0.15) is 40.5 Å². The van der Waals surface area contributed by atoms with Crippen LogP contribution in [0.25, 0.3) is 11.3 Å². The van der Waals surface area contributed by atoms with Crippen molar-refractivity contribution < 1.29 is 31.1 Å². The number of nitrogens with two attached hydrogens (primary N) is 1. The van der Waals surface area contributed by atoms with Crippen LogP contribution < -0.4 is 5.73 Å². The number of hydrogen-bond acceptors (Lipinski definition) is 5. The van der Waals surface area contributed by atoms with Crippen molar-refractivity contribution in [3.8, 4) is 11.3 Å². The van der Waals surface area contributed by atoms with E-state index in [1.165, 1.54) is 6.20 Å². The minimum Gasteiger partial charge on any atom is -0.363 e. The molecule has 0 radical (unpaired) electrons. The molecule has 0 fully saturated rings. The first-order valence-electron chi connectivity index (χ1n) is 9.25. The Bertz CT molecular complexity index is 1080. The number of halogens is 6. The van der Waals surface area contributed by atoms with Gasteiger partial charge >= 0.3 is 12.4 Å². The Hall–Kier alpha value is -3.51. The van der Waals surface area contributed by atoms with Gasteiger partial charge in [0.15, 0.2) is 0 Å². The van der Waals surface area contributed by atoms with Crippen LogP contribution in [0.4, 0.5) is 26.3 Å². The number of carbonyl (C=O) groups excluding carboxylic acids is 1. The smallest absolute Gasteiger partial charge is 0.363 e. The Balaban J connectivity index is 0.000000195. The zero-order valence-electron chi connectivity index (χ0n) is 16.3. The first-order valence-corrected chi connectivity index (χ1v) is 9.25. The van der Waals surface area contributed by atoms with Gasteiger partial charge in [-0.1, -0.05) is 0 Å². The van der Waals surface area contributed by atoms with Gasteiger partial charge in [-0.2, -0.15) is 31.4 Å². The number of pyridine rings is 1. The number of nitrogens with zero attached hydrogens (tertiary/aromatic N) is 5. The van der Waals surface area contributed by atoms with Crippen LogP contribution in [0.5, 0.6) is 0 Å². The molecule has 4 rings (SSSR count). The van der Waals surface area contributed by atoms with E-state index >= 15 is 0 Å². The summed E-state index contributed by atoms with van der Waals surface area (Å²) < 4.78 is 75.7. The Morgan fingerprint density at radius 1 is 0.938 bits per heavy atom. The molecule has 0 spiro atoms. The zero-order chi connectivity index (χ0) is 23.5. The van der Waals surface area contributed by atoms with E-state index in [4.69, 9.17) is 5.73 Å². The highest BCUT2D eigenvalue weighted by molar-refractivity contribution is 5.88. The van der Waals surface area contributed by atoms with Gasteiger partial charge in [-0.05, 0) is 43.5 Å². The molecular weight excluding hydrogens is 442 g/mol. The van der Waals surface area contributed by atoms with Crippen molar-refractivity contribution in [3.05, 3.63) is 59.6 Å². The number of primary amides is 1. The van der Waals surface area contributed by atoms with Crippen LogP contribution in [-0.2, 0) is 25.3 Å². The largest absolute Gasteiger partial charge is 0.433 e. The molecule has 13 heteroatoms. The van der Waals surface area contributed by atoms with Gasteiger partial charge < -0.3 is 5.73 Å². The van der Waals surface area contributed by atoms with Crippen molar-refractivity contribution in [2.45, 2.75) is 38.2 Å². The van der Waals surface area contributed by atoms with Crippen LogP contribution in [0.2, 0.25) is 0 Å². The number of alkyl halides is 6. The van der Waals surface area contributed by atoms with E-state index < -0.39 is 35.5 Å². The predicted molar refractivity (Wildman–Crippen MR) is 98.9 cm³/mol. The third kappa shape index (κ3) is 5.59. The normalized spacial score (nSPS) is 13.7. The monoisotopic (exact) mass is 458 g/mol. The number of amides is 1. The second-order valence-electron chi connectivity index (χ2n) is 6.76. The van der Waals surface area contributed by atoms with Gasteiger partial charge in [-0.25, -0.2) is 9.97 Å². The summed E-state index contributed by atoms with van der Waals surface area (Å²) in [7, 11) is 0.